The van der Waals surface area contributed by atoms with Gasteiger partial charge >= 0.3 is 0 Å². The molecule has 2 amide bonds. The minimum Gasteiger partial charge on any atom is -0.432 e. The number of benzene rings is 3. The van der Waals surface area contributed by atoms with E-state index >= 15 is 0 Å². The minimum absolute atomic E-state index is 0.109. The van der Waals surface area contributed by atoms with Crippen LogP contribution in [-0.2, 0) is 26.3 Å². The largest absolute Gasteiger partial charge is 0.432 e. The predicted molar refractivity (Wildman–Crippen MR) is 162 cm³/mol. The van der Waals surface area contributed by atoms with E-state index in [1.807, 2.05) is 92.9 Å². The number of anilines is 3. The normalized spacial score (nSPS) is 23.9. The Balaban J connectivity index is 1.40. The molecule has 0 radical (unpaired) electrons. The average molecular weight is 570 g/mol. The minimum atomic E-state index is -2.81. The summed E-state index contributed by atoms with van der Waals surface area (Å²) in [4.78, 5) is 43.8. The fraction of sp³-hybridized carbons (Fsp3) is 0.312. The van der Waals surface area contributed by atoms with Crippen LogP contribution in [0.25, 0.3) is 10.9 Å². The zero-order chi connectivity index (χ0) is 28.9. The lowest BCUT2D eigenvalue weighted by atomic mass is 9.82. The van der Waals surface area contributed by atoms with Gasteiger partial charge in [-0.1, -0.05) is 43.3 Å². The number of para-hydroxylation sites is 2. The molecule has 0 bridgehead atoms. The number of hydrogen-bond acceptors (Lipinski definition) is 5. The van der Waals surface area contributed by atoms with E-state index in [2.05, 4.69) is 10.3 Å². The van der Waals surface area contributed by atoms with Crippen molar-refractivity contribution < 1.29 is 24.2 Å². The molecular weight excluding hydrogens is 534 g/mol. The van der Waals surface area contributed by atoms with Gasteiger partial charge in [-0.05, 0) is 61.5 Å². The van der Waals surface area contributed by atoms with Crippen LogP contribution in [0.15, 0.2) is 79.0 Å². The van der Waals surface area contributed by atoms with Gasteiger partial charge in [0.05, 0.1) is 18.2 Å². The van der Waals surface area contributed by atoms with Crippen molar-refractivity contribution in [3.05, 3.63) is 90.1 Å². The van der Waals surface area contributed by atoms with Crippen molar-refractivity contribution in [3.63, 3.8) is 0 Å². The molecule has 2 aliphatic heterocycles. The summed E-state index contributed by atoms with van der Waals surface area (Å²) in [6.45, 7) is 5.57. The highest BCUT2D eigenvalue weighted by molar-refractivity contribution is 6.71. The van der Waals surface area contributed by atoms with Crippen LogP contribution in [0, 0.1) is 5.92 Å². The van der Waals surface area contributed by atoms with E-state index in [0.717, 1.165) is 16.5 Å². The summed E-state index contributed by atoms with van der Waals surface area (Å²) < 4.78 is 6.69. The molecule has 1 fully saturated rings. The number of hydrogen-bond donors (Lipinski definition) is 4. The van der Waals surface area contributed by atoms with Crippen LogP contribution >= 0.6 is 0 Å². The molecule has 6 rings (SSSR count). The highest BCUT2D eigenvalue weighted by Gasteiger charge is 2.66. The van der Waals surface area contributed by atoms with Gasteiger partial charge in [0.2, 0.25) is 5.91 Å². The molecule has 1 saturated heterocycles. The molecule has 3 aromatic carbocycles. The van der Waals surface area contributed by atoms with E-state index in [1.54, 1.807) is 11.0 Å². The first-order valence-electron chi connectivity index (χ1n) is 14.0. The van der Waals surface area contributed by atoms with Crippen molar-refractivity contribution in [2.75, 3.05) is 16.8 Å². The van der Waals surface area contributed by atoms with E-state index < -0.39 is 20.0 Å². The van der Waals surface area contributed by atoms with Crippen LogP contribution in [0.1, 0.15) is 24.5 Å². The van der Waals surface area contributed by atoms with Crippen molar-refractivity contribution in [2.24, 2.45) is 5.92 Å². The van der Waals surface area contributed by atoms with E-state index in [1.165, 1.54) is 0 Å². The van der Waals surface area contributed by atoms with Crippen molar-refractivity contribution in [2.45, 2.75) is 50.1 Å². The van der Waals surface area contributed by atoms with E-state index in [-0.39, 0.29) is 36.3 Å². The smallest absolute Gasteiger partial charge is 0.268 e. The van der Waals surface area contributed by atoms with Crippen LogP contribution in [0.4, 0.5) is 17.1 Å². The summed E-state index contributed by atoms with van der Waals surface area (Å²) in [6.07, 6.45) is 1.89. The quantitative estimate of drug-likeness (QED) is 0.228. The molecule has 3 heterocycles. The Morgan fingerprint density at radius 2 is 1.83 bits per heavy atom. The lowest BCUT2D eigenvalue weighted by molar-refractivity contribution is -0.145. The Labute approximate surface area is 240 Å². The second-order valence-corrected chi connectivity index (χ2v) is 15.6. The molecule has 9 heteroatoms. The maximum absolute atomic E-state index is 14.5. The van der Waals surface area contributed by atoms with Crippen LogP contribution in [-0.4, -0.2) is 47.7 Å². The van der Waals surface area contributed by atoms with Crippen LogP contribution in [0.5, 0.6) is 0 Å². The molecule has 0 unspecified atom stereocenters. The number of carbonyl (C=O) groups is 2. The molecule has 8 nitrogen and oxygen atoms in total. The number of carbonyl (C=O) groups excluding carboxylic acids is 2. The Hall–Kier alpha value is -3.76. The number of aromatic nitrogens is 1. The molecule has 0 aliphatic carbocycles. The fourth-order valence-corrected chi connectivity index (χ4v) is 9.57. The third-order valence-electron chi connectivity index (χ3n) is 8.63. The highest BCUT2D eigenvalue weighted by atomic mass is 28.4. The van der Waals surface area contributed by atoms with Gasteiger partial charge in [-0.25, -0.2) is 0 Å². The zero-order valence-electron chi connectivity index (χ0n) is 23.4. The maximum atomic E-state index is 14.5. The SMILES string of the molecule is C[C@H]1[C@H]([Si](C)(C)O)[C@@H](CCO)O[C@]12C(=O)N(c1ccccc1)c1ccc(NC(=O)Cc3c[nH]c4ccccc34)cc12. The Morgan fingerprint density at radius 1 is 1.10 bits per heavy atom. The van der Waals surface area contributed by atoms with E-state index in [4.69, 9.17) is 4.74 Å². The Kier molecular flexibility index (Phi) is 6.86. The number of rotatable bonds is 7. The first-order chi connectivity index (χ1) is 19.6. The van der Waals surface area contributed by atoms with Gasteiger partial charge in [-0.3, -0.25) is 14.5 Å². The van der Waals surface area contributed by atoms with Gasteiger partial charge in [0.1, 0.15) is 0 Å². The molecule has 4 atom stereocenters. The Morgan fingerprint density at radius 3 is 2.56 bits per heavy atom. The summed E-state index contributed by atoms with van der Waals surface area (Å²) in [5.74, 6) is -0.756. The molecule has 1 aromatic heterocycles. The molecular formula is C32H35N3O5Si. The topological polar surface area (TPSA) is 115 Å². The number of fused-ring (bicyclic) bond motifs is 3. The summed E-state index contributed by atoms with van der Waals surface area (Å²) >= 11 is 0. The van der Waals surface area contributed by atoms with Gasteiger partial charge in [-0.15, -0.1) is 0 Å². The number of nitrogens with zero attached hydrogens (tertiary/aromatic N) is 1. The standard InChI is InChI=1S/C32H35N3O5Si/c1-20-30(41(2,3)39)28(15-16-36)40-32(20)25-18-22(13-14-27(25)35(31(32)38)23-9-5-4-6-10-23)34-29(37)17-21-19-33-26-12-8-7-11-24(21)26/h4-14,18-20,28,30,33,36,39H,15-17H2,1-3H3,(H,34,37)/t20-,28+,30-,32+/m0/s1. The predicted octanol–water partition coefficient (Wildman–Crippen LogP) is 5.21. The van der Waals surface area contributed by atoms with Crippen molar-refractivity contribution in [3.8, 4) is 0 Å². The molecule has 41 heavy (non-hydrogen) atoms. The second-order valence-electron chi connectivity index (χ2n) is 11.7. The van der Waals surface area contributed by atoms with Crippen LogP contribution < -0.4 is 10.2 Å². The number of aliphatic hydroxyl groups excluding tert-OH is 1. The number of nitrogens with one attached hydrogen (secondary N) is 2. The van der Waals surface area contributed by atoms with Crippen LogP contribution in [0.3, 0.4) is 0 Å². The van der Waals surface area contributed by atoms with E-state index in [9.17, 15) is 19.5 Å². The number of ether oxygens (including phenoxy) is 1. The lowest BCUT2D eigenvalue weighted by Gasteiger charge is -2.32. The summed E-state index contributed by atoms with van der Waals surface area (Å²) in [5.41, 5.74) is 2.86. The van der Waals surface area contributed by atoms with Gasteiger partial charge in [-0.2, -0.15) is 0 Å². The number of aromatic amines is 1. The first kappa shape index (κ1) is 27.4. The van der Waals surface area contributed by atoms with Crippen LogP contribution in [0.2, 0.25) is 18.6 Å². The average Bonchev–Trinajstić information content (AvgIpc) is 3.56. The third kappa shape index (κ3) is 4.49. The van der Waals surface area contributed by atoms with Crippen molar-refractivity contribution in [1.82, 2.24) is 4.98 Å². The second kappa shape index (κ2) is 10.3. The van der Waals surface area contributed by atoms with Crippen molar-refractivity contribution in [1.29, 1.82) is 0 Å². The summed E-state index contributed by atoms with van der Waals surface area (Å²) in [7, 11) is -2.81. The molecule has 212 valence electrons. The first-order valence-corrected chi connectivity index (χ1v) is 17.1. The summed E-state index contributed by atoms with van der Waals surface area (Å²) in [5, 5.41) is 13.9. The monoisotopic (exact) mass is 569 g/mol. The molecule has 4 N–H and O–H groups in total. The number of H-pyrrole nitrogens is 1. The summed E-state index contributed by atoms with van der Waals surface area (Å²) in [6, 6.07) is 22.8. The van der Waals surface area contributed by atoms with Gasteiger partial charge in [0.25, 0.3) is 5.91 Å². The van der Waals surface area contributed by atoms with Crippen molar-refractivity contribution >= 4 is 48.1 Å². The lowest BCUT2D eigenvalue weighted by Crippen LogP contribution is -2.45. The highest BCUT2D eigenvalue weighted by Crippen LogP contribution is 2.60. The number of amides is 2. The van der Waals surface area contributed by atoms with Gasteiger partial charge in [0, 0.05) is 52.1 Å². The maximum Gasteiger partial charge on any atom is 0.268 e. The Bertz CT molecular complexity index is 1610. The third-order valence-corrected chi connectivity index (χ3v) is 11.1. The van der Waals surface area contributed by atoms with Gasteiger partial charge in [0.15, 0.2) is 13.9 Å². The number of aliphatic hydroxyl groups is 1. The molecule has 2 aliphatic rings. The fourth-order valence-electron chi connectivity index (χ4n) is 6.97. The molecule has 0 saturated carbocycles. The van der Waals surface area contributed by atoms with Gasteiger partial charge < -0.3 is 24.9 Å². The molecule has 1 spiro atoms. The van der Waals surface area contributed by atoms with E-state index in [0.29, 0.717) is 29.0 Å². The zero-order valence-corrected chi connectivity index (χ0v) is 24.4. The molecule has 4 aromatic rings.